The van der Waals surface area contributed by atoms with Gasteiger partial charge in [-0.05, 0) is 44.5 Å². The van der Waals surface area contributed by atoms with Crippen molar-refractivity contribution in [2.24, 2.45) is 5.92 Å². The summed E-state index contributed by atoms with van der Waals surface area (Å²) in [7, 11) is 2.13. The van der Waals surface area contributed by atoms with Crippen LogP contribution in [0, 0.1) is 12.8 Å². The maximum Gasteiger partial charge on any atom is 0.230 e. The van der Waals surface area contributed by atoms with Crippen LogP contribution in [-0.2, 0) is 4.79 Å². The van der Waals surface area contributed by atoms with Crippen LogP contribution in [0.3, 0.4) is 0 Å². The molecule has 4 heteroatoms. The van der Waals surface area contributed by atoms with Gasteiger partial charge in [0.15, 0.2) is 0 Å². The SMILES string of the molecule is Cc1ccccc1SCC(=O)NC[C@@H]1CCN(C)C1. The Hall–Kier alpha value is -1.00. The molecule has 1 amide bonds. The number of nitrogens with zero attached hydrogens (tertiary/aromatic N) is 1. The highest BCUT2D eigenvalue weighted by molar-refractivity contribution is 8.00. The Kier molecular flexibility index (Phi) is 5.28. The predicted octanol–water partition coefficient (Wildman–Crippen LogP) is 2.16. The molecule has 1 saturated heterocycles. The molecule has 0 spiro atoms. The second kappa shape index (κ2) is 6.96. The number of hydrogen-bond donors (Lipinski definition) is 1. The average molecular weight is 278 g/mol. The highest BCUT2D eigenvalue weighted by Crippen LogP contribution is 2.21. The number of aryl methyl sites for hydroxylation is 1. The smallest absolute Gasteiger partial charge is 0.230 e. The van der Waals surface area contributed by atoms with Crippen LogP contribution in [-0.4, -0.2) is 43.2 Å². The number of benzene rings is 1. The average Bonchev–Trinajstić information content (AvgIpc) is 2.81. The Balaban J connectivity index is 1.69. The van der Waals surface area contributed by atoms with E-state index in [1.165, 1.54) is 16.9 Å². The first-order valence-electron chi connectivity index (χ1n) is 6.79. The van der Waals surface area contributed by atoms with Gasteiger partial charge in [0.2, 0.25) is 5.91 Å². The molecule has 1 aromatic rings. The first-order chi connectivity index (χ1) is 9.15. The standard InChI is InChI=1S/C15H22N2OS/c1-12-5-3-4-6-14(12)19-11-15(18)16-9-13-7-8-17(2)10-13/h3-6,13H,7-11H2,1-2H3,(H,16,18)/t13-/m0/s1. The van der Waals surface area contributed by atoms with Gasteiger partial charge in [0.25, 0.3) is 0 Å². The number of carbonyl (C=O) groups excluding carboxylic acids is 1. The fourth-order valence-electron chi connectivity index (χ4n) is 2.36. The molecular weight excluding hydrogens is 256 g/mol. The van der Waals surface area contributed by atoms with E-state index in [1.807, 2.05) is 12.1 Å². The minimum Gasteiger partial charge on any atom is -0.355 e. The van der Waals surface area contributed by atoms with Crippen LogP contribution in [0.1, 0.15) is 12.0 Å². The quantitative estimate of drug-likeness (QED) is 0.838. The number of thioether (sulfide) groups is 1. The molecule has 0 aromatic heterocycles. The molecule has 1 aliphatic heterocycles. The van der Waals surface area contributed by atoms with Crippen molar-refractivity contribution in [3.8, 4) is 0 Å². The van der Waals surface area contributed by atoms with E-state index >= 15 is 0 Å². The Bertz CT molecular complexity index is 436. The summed E-state index contributed by atoms with van der Waals surface area (Å²) < 4.78 is 0. The van der Waals surface area contributed by atoms with Crippen molar-refractivity contribution in [1.82, 2.24) is 10.2 Å². The van der Waals surface area contributed by atoms with E-state index in [4.69, 9.17) is 0 Å². The summed E-state index contributed by atoms with van der Waals surface area (Å²) >= 11 is 1.62. The number of likely N-dealkylation sites (tertiary alicyclic amines) is 1. The second-order valence-electron chi connectivity index (χ2n) is 5.28. The Morgan fingerprint density at radius 1 is 1.47 bits per heavy atom. The van der Waals surface area contributed by atoms with Gasteiger partial charge >= 0.3 is 0 Å². The van der Waals surface area contributed by atoms with Gasteiger partial charge in [-0.3, -0.25) is 4.79 Å². The molecule has 1 fully saturated rings. The normalized spacial score (nSPS) is 19.6. The molecule has 1 aromatic carbocycles. The van der Waals surface area contributed by atoms with Gasteiger partial charge in [0, 0.05) is 18.0 Å². The third kappa shape index (κ3) is 4.55. The summed E-state index contributed by atoms with van der Waals surface area (Å²) in [6.07, 6.45) is 1.20. The van der Waals surface area contributed by atoms with E-state index in [0.717, 1.165) is 19.6 Å². The van der Waals surface area contributed by atoms with Gasteiger partial charge in [-0.1, -0.05) is 18.2 Å². The molecule has 0 bridgehead atoms. The Labute approximate surface area is 119 Å². The minimum atomic E-state index is 0.141. The zero-order valence-corrected chi connectivity index (χ0v) is 12.5. The summed E-state index contributed by atoms with van der Waals surface area (Å²) in [5.74, 6) is 1.27. The monoisotopic (exact) mass is 278 g/mol. The minimum absolute atomic E-state index is 0.141. The zero-order valence-electron chi connectivity index (χ0n) is 11.7. The van der Waals surface area contributed by atoms with Crippen LogP contribution in [0.4, 0.5) is 0 Å². The number of nitrogens with one attached hydrogen (secondary N) is 1. The number of hydrogen-bond acceptors (Lipinski definition) is 3. The molecule has 2 rings (SSSR count). The predicted molar refractivity (Wildman–Crippen MR) is 80.5 cm³/mol. The molecule has 0 radical (unpaired) electrons. The van der Waals surface area contributed by atoms with Gasteiger partial charge in [-0.2, -0.15) is 0 Å². The van der Waals surface area contributed by atoms with E-state index < -0.39 is 0 Å². The summed E-state index contributed by atoms with van der Waals surface area (Å²) in [6, 6.07) is 8.19. The molecule has 1 N–H and O–H groups in total. The summed E-state index contributed by atoms with van der Waals surface area (Å²) in [5, 5.41) is 3.05. The van der Waals surface area contributed by atoms with Crippen LogP contribution >= 0.6 is 11.8 Å². The summed E-state index contributed by atoms with van der Waals surface area (Å²) in [6.45, 7) is 5.15. The van der Waals surface area contributed by atoms with Crippen LogP contribution < -0.4 is 5.32 Å². The Morgan fingerprint density at radius 2 is 2.26 bits per heavy atom. The van der Waals surface area contributed by atoms with Crippen molar-refractivity contribution >= 4 is 17.7 Å². The Morgan fingerprint density at radius 3 is 2.95 bits per heavy atom. The summed E-state index contributed by atoms with van der Waals surface area (Å²) in [4.78, 5) is 15.3. The van der Waals surface area contributed by atoms with Crippen LogP contribution in [0.2, 0.25) is 0 Å². The molecule has 0 unspecified atom stereocenters. The molecule has 3 nitrogen and oxygen atoms in total. The van der Waals surface area contributed by atoms with Crippen molar-refractivity contribution in [1.29, 1.82) is 0 Å². The highest BCUT2D eigenvalue weighted by Gasteiger charge is 2.19. The second-order valence-corrected chi connectivity index (χ2v) is 6.29. The number of rotatable bonds is 5. The van der Waals surface area contributed by atoms with Crippen molar-refractivity contribution in [3.05, 3.63) is 29.8 Å². The lowest BCUT2D eigenvalue weighted by atomic mass is 10.1. The van der Waals surface area contributed by atoms with E-state index in [1.54, 1.807) is 11.8 Å². The molecule has 1 aliphatic rings. The fourth-order valence-corrected chi connectivity index (χ4v) is 3.22. The van der Waals surface area contributed by atoms with Crippen LogP contribution in [0.25, 0.3) is 0 Å². The van der Waals surface area contributed by atoms with Crippen molar-refractivity contribution < 1.29 is 4.79 Å². The van der Waals surface area contributed by atoms with Crippen molar-refractivity contribution in [3.63, 3.8) is 0 Å². The van der Waals surface area contributed by atoms with Crippen LogP contribution in [0.15, 0.2) is 29.2 Å². The highest BCUT2D eigenvalue weighted by atomic mass is 32.2. The largest absolute Gasteiger partial charge is 0.355 e. The third-order valence-corrected chi connectivity index (χ3v) is 4.70. The molecule has 1 heterocycles. The van der Waals surface area contributed by atoms with Gasteiger partial charge in [-0.25, -0.2) is 0 Å². The molecule has 19 heavy (non-hydrogen) atoms. The van der Waals surface area contributed by atoms with E-state index in [9.17, 15) is 4.79 Å². The first-order valence-corrected chi connectivity index (χ1v) is 7.77. The van der Waals surface area contributed by atoms with Gasteiger partial charge in [-0.15, -0.1) is 11.8 Å². The maximum absolute atomic E-state index is 11.8. The molecule has 0 aliphatic carbocycles. The zero-order chi connectivity index (χ0) is 13.7. The molecule has 104 valence electrons. The molecular formula is C15H22N2OS. The number of carbonyl (C=O) groups is 1. The molecule has 0 saturated carbocycles. The van der Waals surface area contributed by atoms with Crippen LogP contribution in [0.5, 0.6) is 0 Å². The maximum atomic E-state index is 11.8. The third-order valence-electron chi connectivity index (χ3n) is 3.53. The van der Waals surface area contributed by atoms with E-state index in [-0.39, 0.29) is 5.91 Å². The van der Waals surface area contributed by atoms with Crippen molar-refractivity contribution in [2.75, 3.05) is 32.4 Å². The lowest BCUT2D eigenvalue weighted by Crippen LogP contribution is -2.31. The lowest BCUT2D eigenvalue weighted by molar-refractivity contribution is -0.118. The first kappa shape index (κ1) is 14.4. The number of amides is 1. The lowest BCUT2D eigenvalue weighted by Gasteiger charge is -2.12. The fraction of sp³-hybridized carbons (Fsp3) is 0.533. The van der Waals surface area contributed by atoms with Gasteiger partial charge in [0.05, 0.1) is 5.75 Å². The van der Waals surface area contributed by atoms with Gasteiger partial charge in [0.1, 0.15) is 0 Å². The van der Waals surface area contributed by atoms with E-state index in [0.29, 0.717) is 11.7 Å². The topological polar surface area (TPSA) is 32.3 Å². The van der Waals surface area contributed by atoms with Gasteiger partial charge < -0.3 is 10.2 Å². The van der Waals surface area contributed by atoms with Crippen molar-refractivity contribution in [2.45, 2.75) is 18.2 Å². The molecule has 1 atom stereocenters. The summed E-state index contributed by atoms with van der Waals surface area (Å²) in [5.41, 5.74) is 1.23. The van der Waals surface area contributed by atoms with E-state index in [2.05, 4.69) is 36.3 Å².